The van der Waals surface area contributed by atoms with Crippen molar-refractivity contribution in [3.05, 3.63) is 100 Å². The van der Waals surface area contributed by atoms with Crippen LogP contribution in [0.1, 0.15) is 16.7 Å². The minimum atomic E-state index is -4.42. The zero-order valence-corrected chi connectivity index (χ0v) is 18.2. The van der Waals surface area contributed by atoms with Gasteiger partial charge in [-0.1, -0.05) is 42.5 Å². The molecule has 0 unspecified atom stereocenters. The maximum Gasteiger partial charge on any atom is 0.417 e. The number of pyridine rings is 1. The van der Waals surface area contributed by atoms with Crippen LogP contribution in [0.25, 0.3) is 10.8 Å². The van der Waals surface area contributed by atoms with Gasteiger partial charge in [0.1, 0.15) is 18.2 Å². The molecule has 0 atom stereocenters. The first-order valence-corrected chi connectivity index (χ1v) is 10.4. The highest BCUT2D eigenvalue weighted by Crippen LogP contribution is 2.29. The van der Waals surface area contributed by atoms with E-state index in [4.69, 9.17) is 4.74 Å². The Morgan fingerprint density at radius 3 is 2.56 bits per heavy atom. The highest BCUT2D eigenvalue weighted by atomic mass is 79.9. The molecular formula is C24H17BrF3N3O. The van der Waals surface area contributed by atoms with Crippen molar-refractivity contribution in [2.24, 2.45) is 5.10 Å². The first-order valence-electron chi connectivity index (χ1n) is 9.61. The van der Waals surface area contributed by atoms with Crippen LogP contribution in [0.2, 0.25) is 0 Å². The average molecular weight is 500 g/mol. The number of aromatic nitrogens is 1. The largest absolute Gasteiger partial charge is 0.488 e. The Balaban J connectivity index is 1.38. The number of anilines is 1. The summed E-state index contributed by atoms with van der Waals surface area (Å²) in [6, 6.07) is 21.9. The molecule has 3 aromatic carbocycles. The maximum absolute atomic E-state index is 12.6. The summed E-state index contributed by atoms with van der Waals surface area (Å²) in [6.07, 6.45) is -2.12. The fourth-order valence-corrected chi connectivity index (χ4v) is 3.60. The zero-order valence-electron chi connectivity index (χ0n) is 16.6. The molecule has 0 aliphatic rings. The number of rotatable bonds is 6. The van der Waals surface area contributed by atoms with Crippen LogP contribution < -0.4 is 10.2 Å². The summed E-state index contributed by atoms with van der Waals surface area (Å²) in [5.41, 5.74) is 3.67. The van der Waals surface area contributed by atoms with Gasteiger partial charge in [0.05, 0.1) is 16.3 Å². The van der Waals surface area contributed by atoms with Crippen LogP contribution in [-0.4, -0.2) is 11.2 Å². The Labute approximate surface area is 190 Å². The van der Waals surface area contributed by atoms with Gasteiger partial charge in [-0.3, -0.25) is 5.43 Å². The number of hydrazone groups is 1. The molecular weight excluding hydrogens is 483 g/mol. The fourth-order valence-electron chi connectivity index (χ4n) is 3.09. The van der Waals surface area contributed by atoms with Gasteiger partial charge in [-0.05, 0) is 68.2 Å². The van der Waals surface area contributed by atoms with E-state index in [9.17, 15) is 13.2 Å². The molecule has 0 aliphatic heterocycles. The molecule has 0 bridgehead atoms. The fraction of sp³-hybridized carbons (Fsp3) is 0.0833. The summed E-state index contributed by atoms with van der Waals surface area (Å²) in [5.74, 6) is 0.899. The molecule has 162 valence electrons. The highest BCUT2D eigenvalue weighted by Gasteiger charge is 2.30. The number of nitrogens with zero attached hydrogens (tertiary/aromatic N) is 2. The van der Waals surface area contributed by atoms with Crippen LogP contribution in [0.15, 0.2) is 88.6 Å². The highest BCUT2D eigenvalue weighted by molar-refractivity contribution is 9.10. The number of fused-ring (bicyclic) bond motifs is 1. The van der Waals surface area contributed by atoms with Crippen molar-refractivity contribution in [1.82, 2.24) is 4.98 Å². The lowest BCUT2D eigenvalue weighted by atomic mass is 10.1. The molecule has 4 nitrogen and oxygen atoms in total. The third-order valence-electron chi connectivity index (χ3n) is 4.70. The first kappa shape index (κ1) is 21.8. The number of hydrogen-bond donors (Lipinski definition) is 1. The molecule has 0 radical (unpaired) electrons. The van der Waals surface area contributed by atoms with Gasteiger partial charge in [0, 0.05) is 6.20 Å². The van der Waals surface area contributed by atoms with Crippen molar-refractivity contribution in [1.29, 1.82) is 0 Å². The van der Waals surface area contributed by atoms with Crippen LogP contribution >= 0.6 is 15.9 Å². The van der Waals surface area contributed by atoms with E-state index < -0.39 is 11.7 Å². The minimum absolute atomic E-state index is 0.211. The molecule has 32 heavy (non-hydrogen) atoms. The van der Waals surface area contributed by atoms with Crippen molar-refractivity contribution >= 4 is 38.7 Å². The smallest absolute Gasteiger partial charge is 0.417 e. The van der Waals surface area contributed by atoms with Crippen molar-refractivity contribution in [3.8, 4) is 5.75 Å². The van der Waals surface area contributed by atoms with Crippen LogP contribution in [0.5, 0.6) is 5.75 Å². The Kier molecular flexibility index (Phi) is 6.41. The van der Waals surface area contributed by atoms with Crippen molar-refractivity contribution in [3.63, 3.8) is 0 Å². The molecule has 0 spiro atoms. The monoisotopic (exact) mass is 499 g/mol. The Hall–Kier alpha value is -3.39. The van der Waals surface area contributed by atoms with E-state index in [2.05, 4.69) is 49.6 Å². The molecule has 4 aromatic rings. The number of alkyl halides is 3. The summed E-state index contributed by atoms with van der Waals surface area (Å²) in [7, 11) is 0. The maximum atomic E-state index is 12.6. The molecule has 0 aliphatic carbocycles. The van der Waals surface area contributed by atoms with Gasteiger partial charge in [0.2, 0.25) is 0 Å². The standard InChI is InChI=1S/C24H17BrF3N3O/c25-21-12-16(13-30-31-23-11-9-19(14-29-23)24(26,27)28)8-10-22(21)32-15-18-6-3-5-17-4-1-2-7-20(17)18/h1-14H,15H2,(H,29,31)/b30-13-. The first-order chi connectivity index (χ1) is 15.4. The summed E-state index contributed by atoms with van der Waals surface area (Å²) in [6.45, 7) is 0.425. The van der Waals surface area contributed by atoms with Crippen LogP contribution in [0, 0.1) is 0 Å². The molecule has 4 rings (SSSR count). The molecule has 0 saturated heterocycles. The van der Waals surface area contributed by atoms with Crippen molar-refractivity contribution in [2.45, 2.75) is 12.8 Å². The van der Waals surface area contributed by atoms with Crippen LogP contribution in [0.3, 0.4) is 0 Å². The van der Waals surface area contributed by atoms with Crippen molar-refractivity contribution in [2.75, 3.05) is 5.43 Å². The number of halogens is 4. The van der Waals surface area contributed by atoms with Crippen molar-refractivity contribution < 1.29 is 17.9 Å². The summed E-state index contributed by atoms with van der Waals surface area (Å²) in [5, 5.41) is 6.33. The van der Waals surface area contributed by atoms with Crippen LogP contribution in [-0.2, 0) is 12.8 Å². The molecule has 0 fully saturated rings. The Morgan fingerprint density at radius 2 is 1.81 bits per heavy atom. The second kappa shape index (κ2) is 9.40. The third-order valence-corrected chi connectivity index (χ3v) is 5.32. The number of benzene rings is 3. The zero-order chi connectivity index (χ0) is 22.6. The number of nitrogens with one attached hydrogen (secondary N) is 1. The van der Waals surface area contributed by atoms with E-state index in [0.717, 1.165) is 38.6 Å². The van der Waals surface area contributed by atoms with E-state index in [1.165, 1.54) is 6.07 Å². The van der Waals surface area contributed by atoms with Crippen LogP contribution in [0.4, 0.5) is 19.0 Å². The molecule has 1 N–H and O–H groups in total. The number of ether oxygens (including phenoxy) is 1. The average Bonchev–Trinajstić information content (AvgIpc) is 2.78. The van der Waals surface area contributed by atoms with E-state index in [-0.39, 0.29) is 5.82 Å². The summed E-state index contributed by atoms with van der Waals surface area (Å²) >= 11 is 3.51. The quantitative estimate of drug-likeness (QED) is 0.228. The SMILES string of the molecule is FC(F)(F)c1ccc(N/N=C\c2ccc(OCc3cccc4ccccc34)c(Br)c2)nc1. The van der Waals surface area contributed by atoms with Gasteiger partial charge in [0.15, 0.2) is 0 Å². The van der Waals surface area contributed by atoms with E-state index in [1.807, 2.05) is 42.5 Å². The second-order valence-electron chi connectivity index (χ2n) is 6.92. The topological polar surface area (TPSA) is 46.5 Å². The molecule has 1 aromatic heterocycles. The predicted octanol–water partition coefficient (Wildman–Crippen LogP) is 7.04. The summed E-state index contributed by atoms with van der Waals surface area (Å²) in [4.78, 5) is 3.71. The molecule has 8 heteroatoms. The van der Waals surface area contributed by atoms with E-state index in [0.29, 0.717) is 12.4 Å². The van der Waals surface area contributed by atoms with Gasteiger partial charge >= 0.3 is 6.18 Å². The van der Waals surface area contributed by atoms with Gasteiger partial charge in [-0.15, -0.1) is 0 Å². The predicted molar refractivity (Wildman–Crippen MR) is 123 cm³/mol. The Bertz CT molecular complexity index is 1250. The third kappa shape index (κ3) is 5.26. The van der Waals surface area contributed by atoms with Gasteiger partial charge < -0.3 is 4.74 Å². The van der Waals surface area contributed by atoms with Gasteiger partial charge in [-0.25, -0.2) is 4.98 Å². The van der Waals surface area contributed by atoms with Gasteiger partial charge in [0.25, 0.3) is 0 Å². The molecule has 1 heterocycles. The Morgan fingerprint density at radius 1 is 1.00 bits per heavy atom. The molecule has 0 amide bonds. The summed E-state index contributed by atoms with van der Waals surface area (Å²) < 4.78 is 44.5. The number of hydrogen-bond acceptors (Lipinski definition) is 4. The van der Waals surface area contributed by atoms with E-state index >= 15 is 0 Å². The second-order valence-corrected chi connectivity index (χ2v) is 7.77. The normalized spacial score (nSPS) is 11.8. The lowest BCUT2D eigenvalue weighted by molar-refractivity contribution is -0.137. The molecule has 0 saturated carbocycles. The minimum Gasteiger partial charge on any atom is -0.488 e. The lowest BCUT2D eigenvalue weighted by Crippen LogP contribution is -2.05. The lowest BCUT2D eigenvalue weighted by Gasteiger charge is -2.11. The van der Waals surface area contributed by atoms with E-state index in [1.54, 1.807) is 6.21 Å². The van der Waals surface area contributed by atoms with Gasteiger partial charge in [-0.2, -0.15) is 18.3 Å².